The van der Waals surface area contributed by atoms with Gasteiger partial charge in [0.25, 0.3) is 11.6 Å². The summed E-state index contributed by atoms with van der Waals surface area (Å²) < 4.78 is 27.1. The molecule has 1 atom stereocenters. The molecule has 1 saturated heterocycles. The summed E-state index contributed by atoms with van der Waals surface area (Å²) in [5, 5.41) is 13.5. The van der Waals surface area contributed by atoms with E-state index in [-0.39, 0.29) is 21.2 Å². The fraction of sp³-hybridized carbons (Fsp3) is 0.316. The molecule has 3 rings (SSSR count). The highest BCUT2D eigenvalue weighted by Crippen LogP contribution is 2.26. The lowest BCUT2D eigenvalue weighted by atomic mass is 10.0. The van der Waals surface area contributed by atoms with Gasteiger partial charge < -0.3 is 5.32 Å². The molecule has 1 amide bonds. The minimum atomic E-state index is -3.59. The van der Waals surface area contributed by atoms with Gasteiger partial charge in [0.15, 0.2) is 0 Å². The summed E-state index contributed by atoms with van der Waals surface area (Å²) in [6.07, 6.45) is 1.84. The number of anilines is 1. The first-order valence-electron chi connectivity index (χ1n) is 9.04. The maximum Gasteiger partial charge on any atom is 0.270 e. The van der Waals surface area contributed by atoms with Crippen molar-refractivity contribution in [3.05, 3.63) is 63.2 Å². The van der Waals surface area contributed by atoms with Crippen molar-refractivity contribution in [2.24, 2.45) is 5.92 Å². The summed E-state index contributed by atoms with van der Waals surface area (Å²) in [5.74, 6) is -0.309. The highest BCUT2D eigenvalue weighted by molar-refractivity contribution is 7.89. The van der Waals surface area contributed by atoms with Gasteiger partial charge in [-0.3, -0.25) is 14.9 Å². The van der Waals surface area contributed by atoms with Crippen LogP contribution in [-0.2, 0) is 10.0 Å². The van der Waals surface area contributed by atoms with Crippen LogP contribution in [0, 0.1) is 16.0 Å². The zero-order chi connectivity index (χ0) is 21.2. The third-order valence-corrected chi connectivity index (χ3v) is 6.98. The molecule has 0 aliphatic carbocycles. The molecule has 2 aromatic rings. The number of carbonyl (C=O) groups excluding carboxylic acids is 1. The van der Waals surface area contributed by atoms with Crippen LogP contribution >= 0.6 is 11.6 Å². The number of carbonyl (C=O) groups is 1. The predicted molar refractivity (Wildman–Crippen MR) is 110 cm³/mol. The molecule has 1 unspecified atom stereocenters. The van der Waals surface area contributed by atoms with Gasteiger partial charge in [0.1, 0.15) is 0 Å². The van der Waals surface area contributed by atoms with Crippen LogP contribution in [0.4, 0.5) is 11.4 Å². The molecule has 0 bridgehead atoms. The third-order valence-electron chi connectivity index (χ3n) is 4.78. The van der Waals surface area contributed by atoms with Crippen LogP contribution in [0.3, 0.4) is 0 Å². The molecule has 2 aromatic carbocycles. The fourth-order valence-electron chi connectivity index (χ4n) is 3.22. The lowest BCUT2D eigenvalue weighted by Gasteiger charge is -2.30. The van der Waals surface area contributed by atoms with Crippen LogP contribution < -0.4 is 5.32 Å². The molecule has 0 spiro atoms. The Kier molecular flexibility index (Phi) is 6.21. The number of halogens is 1. The van der Waals surface area contributed by atoms with E-state index in [4.69, 9.17) is 11.6 Å². The topological polar surface area (TPSA) is 110 Å². The number of amides is 1. The average molecular weight is 438 g/mol. The molecular formula is C19H20ClN3O5S. The van der Waals surface area contributed by atoms with Gasteiger partial charge in [0.2, 0.25) is 10.0 Å². The number of rotatable bonds is 5. The molecule has 29 heavy (non-hydrogen) atoms. The smallest absolute Gasteiger partial charge is 0.270 e. The molecule has 0 aromatic heterocycles. The van der Waals surface area contributed by atoms with Crippen LogP contribution in [0.1, 0.15) is 30.1 Å². The van der Waals surface area contributed by atoms with E-state index in [1.165, 1.54) is 40.7 Å². The highest BCUT2D eigenvalue weighted by atomic mass is 35.5. The Morgan fingerprint density at radius 1 is 1.24 bits per heavy atom. The molecule has 1 aliphatic heterocycles. The van der Waals surface area contributed by atoms with E-state index in [2.05, 4.69) is 5.32 Å². The van der Waals surface area contributed by atoms with E-state index in [1.54, 1.807) is 0 Å². The van der Waals surface area contributed by atoms with Crippen molar-refractivity contribution in [2.75, 3.05) is 18.4 Å². The van der Waals surface area contributed by atoms with Crippen LogP contribution in [0.15, 0.2) is 47.4 Å². The summed E-state index contributed by atoms with van der Waals surface area (Å²) in [5.41, 5.74) is 0.0557. The highest BCUT2D eigenvalue weighted by Gasteiger charge is 2.28. The number of nitro groups is 1. The Morgan fingerprint density at radius 3 is 2.55 bits per heavy atom. The Morgan fingerprint density at radius 2 is 1.93 bits per heavy atom. The summed E-state index contributed by atoms with van der Waals surface area (Å²) in [7, 11) is -3.59. The van der Waals surface area contributed by atoms with Gasteiger partial charge >= 0.3 is 0 Å². The molecule has 0 radical (unpaired) electrons. The number of nitrogens with zero attached hydrogens (tertiary/aromatic N) is 2. The molecule has 1 heterocycles. The quantitative estimate of drug-likeness (QED) is 0.563. The van der Waals surface area contributed by atoms with Crippen LogP contribution in [0.5, 0.6) is 0 Å². The number of nitrogens with one attached hydrogen (secondary N) is 1. The van der Waals surface area contributed by atoms with Crippen LogP contribution in [0.2, 0.25) is 5.02 Å². The second kappa shape index (κ2) is 8.48. The van der Waals surface area contributed by atoms with Gasteiger partial charge in [-0.25, -0.2) is 8.42 Å². The van der Waals surface area contributed by atoms with E-state index in [9.17, 15) is 23.3 Å². The predicted octanol–water partition coefficient (Wildman–Crippen LogP) is 3.92. The van der Waals surface area contributed by atoms with Crippen molar-refractivity contribution in [3.8, 4) is 0 Å². The SMILES string of the molecule is CC1CCCN(S(=O)(=O)c2ccc(NC(=O)c3cc([N+](=O)[O-])ccc3Cl)cc2)C1. The van der Waals surface area contributed by atoms with Crippen molar-refractivity contribution in [1.29, 1.82) is 0 Å². The minimum absolute atomic E-state index is 0.0418. The maximum absolute atomic E-state index is 12.8. The maximum atomic E-state index is 12.8. The zero-order valence-electron chi connectivity index (χ0n) is 15.7. The van der Waals surface area contributed by atoms with Crippen molar-refractivity contribution in [1.82, 2.24) is 4.31 Å². The van der Waals surface area contributed by atoms with Gasteiger partial charge in [0.05, 0.1) is 20.4 Å². The number of non-ortho nitro benzene ring substituents is 1. The number of nitro benzene ring substituents is 1. The Hall–Kier alpha value is -2.49. The summed E-state index contributed by atoms with van der Waals surface area (Å²) in [4.78, 5) is 22.9. The van der Waals surface area contributed by atoms with Crippen molar-refractivity contribution < 1.29 is 18.1 Å². The lowest BCUT2D eigenvalue weighted by molar-refractivity contribution is -0.384. The first-order chi connectivity index (χ1) is 13.7. The molecule has 0 saturated carbocycles. The number of sulfonamides is 1. The van der Waals surface area contributed by atoms with Crippen LogP contribution in [0.25, 0.3) is 0 Å². The second-order valence-corrected chi connectivity index (χ2v) is 9.36. The molecule has 1 N–H and O–H groups in total. The first-order valence-corrected chi connectivity index (χ1v) is 10.9. The monoisotopic (exact) mass is 437 g/mol. The largest absolute Gasteiger partial charge is 0.322 e. The van der Waals surface area contributed by atoms with Crippen molar-refractivity contribution in [2.45, 2.75) is 24.7 Å². The summed E-state index contributed by atoms with van der Waals surface area (Å²) in [6, 6.07) is 9.39. The van der Waals surface area contributed by atoms with E-state index >= 15 is 0 Å². The standard InChI is InChI=1S/C19H20ClN3O5S/c1-13-3-2-10-22(12-13)29(27,28)16-7-4-14(5-8-16)21-19(24)17-11-15(23(25)26)6-9-18(17)20/h4-9,11,13H,2-3,10,12H2,1H3,(H,21,24). The Labute approximate surface area is 173 Å². The average Bonchev–Trinajstić information content (AvgIpc) is 2.68. The molecule has 1 aliphatic rings. The second-order valence-electron chi connectivity index (χ2n) is 7.01. The van der Waals surface area contributed by atoms with Crippen molar-refractivity contribution >= 4 is 38.9 Å². The summed E-state index contributed by atoms with van der Waals surface area (Å²) >= 11 is 5.98. The van der Waals surface area contributed by atoms with Gasteiger partial charge in [-0.15, -0.1) is 0 Å². The molecule has 10 heteroatoms. The minimum Gasteiger partial charge on any atom is -0.322 e. The van der Waals surface area contributed by atoms with E-state index in [0.29, 0.717) is 24.7 Å². The molecule has 8 nitrogen and oxygen atoms in total. The summed E-state index contributed by atoms with van der Waals surface area (Å²) in [6.45, 7) is 3.02. The van der Waals surface area contributed by atoms with Gasteiger partial charge in [-0.1, -0.05) is 18.5 Å². The number of piperidine rings is 1. The lowest BCUT2D eigenvalue weighted by Crippen LogP contribution is -2.39. The third kappa shape index (κ3) is 4.75. The first kappa shape index (κ1) is 21.2. The van der Waals surface area contributed by atoms with E-state index in [0.717, 1.165) is 18.9 Å². The Bertz CT molecular complexity index is 1040. The fourth-order valence-corrected chi connectivity index (χ4v) is 5.02. The van der Waals surface area contributed by atoms with Gasteiger partial charge in [-0.2, -0.15) is 4.31 Å². The zero-order valence-corrected chi connectivity index (χ0v) is 17.2. The van der Waals surface area contributed by atoms with E-state index in [1.807, 2.05) is 6.92 Å². The molecular weight excluding hydrogens is 418 g/mol. The van der Waals surface area contributed by atoms with Gasteiger partial charge in [-0.05, 0) is 49.1 Å². The van der Waals surface area contributed by atoms with Gasteiger partial charge in [0, 0.05) is 30.9 Å². The number of hydrogen-bond donors (Lipinski definition) is 1. The number of hydrogen-bond acceptors (Lipinski definition) is 5. The van der Waals surface area contributed by atoms with Crippen LogP contribution in [-0.4, -0.2) is 36.6 Å². The Balaban J connectivity index is 1.76. The molecule has 1 fully saturated rings. The number of benzene rings is 2. The van der Waals surface area contributed by atoms with E-state index < -0.39 is 20.9 Å². The van der Waals surface area contributed by atoms with Crippen molar-refractivity contribution in [3.63, 3.8) is 0 Å². The molecule has 154 valence electrons. The normalized spacial score (nSPS) is 17.7.